The number of likely N-dealkylation sites (tertiary alicyclic amines) is 1. The van der Waals surface area contributed by atoms with Crippen LogP contribution in [0.15, 0.2) is 29.2 Å². The molecule has 1 amide bonds. The second-order valence-electron chi connectivity index (χ2n) is 7.62. The normalized spacial score (nSPS) is 15.4. The average Bonchev–Trinajstić information content (AvgIpc) is 3.04. The summed E-state index contributed by atoms with van der Waals surface area (Å²) in [5, 5.41) is 14.4. The molecule has 164 valence electrons. The van der Waals surface area contributed by atoms with E-state index < -0.39 is 15.9 Å². The monoisotopic (exact) mass is 445 g/mol. The minimum atomic E-state index is -3.29. The Balaban J connectivity index is 1.68. The van der Waals surface area contributed by atoms with Crippen LogP contribution < -0.4 is 4.74 Å². The molecule has 10 nitrogen and oxygen atoms in total. The largest absolute Gasteiger partial charge is 0.474 e. The van der Waals surface area contributed by atoms with Crippen molar-refractivity contribution < 1.29 is 23.1 Å². The van der Waals surface area contributed by atoms with Crippen molar-refractivity contribution in [3.63, 3.8) is 0 Å². The first-order valence-corrected chi connectivity index (χ1v) is 11.7. The van der Waals surface area contributed by atoms with Crippen LogP contribution >= 0.6 is 0 Å². The standard InChI is InChI=1S/C20H23N5O5S/c1-12-17-18(25(23-12)14-4-6-16(7-5-14)31(3,28)29)21-13(2)22-19(17)30-15-8-10-24(11-9-15)20(26)27/h4-7,15H,8-11H2,1-3H3,(H,26,27). The second-order valence-corrected chi connectivity index (χ2v) is 9.64. The zero-order valence-electron chi connectivity index (χ0n) is 17.4. The van der Waals surface area contributed by atoms with Gasteiger partial charge in [0.2, 0.25) is 5.88 Å². The number of benzene rings is 1. The highest BCUT2D eigenvalue weighted by Crippen LogP contribution is 2.30. The summed E-state index contributed by atoms with van der Waals surface area (Å²) in [4.78, 5) is 21.7. The van der Waals surface area contributed by atoms with Gasteiger partial charge in [0.25, 0.3) is 0 Å². The highest BCUT2D eigenvalue weighted by Gasteiger charge is 2.26. The molecule has 1 aliphatic heterocycles. The predicted molar refractivity (Wildman–Crippen MR) is 112 cm³/mol. The Labute approximate surface area is 179 Å². The van der Waals surface area contributed by atoms with Gasteiger partial charge in [0.15, 0.2) is 15.5 Å². The maximum atomic E-state index is 11.7. The van der Waals surface area contributed by atoms with Crippen LogP contribution in [0.4, 0.5) is 4.79 Å². The molecule has 11 heteroatoms. The molecular weight excluding hydrogens is 422 g/mol. The molecule has 0 radical (unpaired) electrons. The molecule has 3 aromatic rings. The molecular formula is C20H23N5O5S. The SMILES string of the molecule is Cc1nc(OC2CCN(C(=O)O)CC2)c2c(C)nn(-c3ccc(S(C)(=O)=O)cc3)c2n1. The van der Waals surface area contributed by atoms with E-state index in [-0.39, 0.29) is 11.0 Å². The highest BCUT2D eigenvalue weighted by molar-refractivity contribution is 7.90. The Morgan fingerprint density at radius 1 is 1.13 bits per heavy atom. The Morgan fingerprint density at radius 3 is 2.35 bits per heavy atom. The van der Waals surface area contributed by atoms with E-state index in [0.29, 0.717) is 60.1 Å². The lowest BCUT2D eigenvalue weighted by molar-refractivity contribution is 0.0878. The number of aromatic nitrogens is 4. The van der Waals surface area contributed by atoms with Crippen molar-refractivity contribution in [1.82, 2.24) is 24.6 Å². The lowest BCUT2D eigenvalue weighted by Gasteiger charge is -2.30. The summed E-state index contributed by atoms with van der Waals surface area (Å²) in [5.41, 5.74) is 1.92. The number of hydrogen-bond donors (Lipinski definition) is 1. The molecule has 0 spiro atoms. The van der Waals surface area contributed by atoms with Gasteiger partial charge in [-0.15, -0.1) is 0 Å². The molecule has 1 aromatic carbocycles. The third kappa shape index (κ3) is 4.18. The maximum Gasteiger partial charge on any atom is 0.407 e. The van der Waals surface area contributed by atoms with Crippen molar-refractivity contribution in [2.75, 3.05) is 19.3 Å². The molecule has 2 aromatic heterocycles. The van der Waals surface area contributed by atoms with E-state index in [1.807, 2.05) is 6.92 Å². The van der Waals surface area contributed by atoms with Crippen molar-refractivity contribution in [2.45, 2.75) is 37.7 Å². The number of carbonyl (C=O) groups is 1. The van der Waals surface area contributed by atoms with Gasteiger partial charge in [0.05, 0.1) is 16.3 Å². The van der Waals surface area contributed by atoms with Crippen molar-refractivity contribution in [3.8, 4) is 11.6 Å². The Hall–Kier alpha value is -3.21. The number of amides is 1. The first-order chi connectivity index (χ1) is 14.6. The summed E-state index contributed by atoms with van der Waals surface area (Å²) >= 11 is 0. The third-order valence-electron chi connectivity index (χ3n) is 5.28. The number of piperidine rings is 1. The Bertz CT molecular complexity index is 1250. The number of nitrogens with zero attached hydrogens (tertiary/aromatic N) is 5. The molecule has 31 heavy (non-hydrogen) atoms. The first kappa shape index (κ1) is 21.0. The van der Waals surface area contributed by atoms with E-state index in [9.17, 15) is 13.2 Å². The lowest BCUT2D eigenvalue weighted by Crippen LogP contribution is -2.41. The number of hydrogen-bond acceptors (Lipinski definition) is 7. The fourth-order valence-electron chi connectivity index (χ4n) is 3.67. The number of carboxylic acid groups (broad SMARTS) is 1. The summed E-state index contributed by atoms with van der Waals surface area (Å²) in [5.74, 6) is 0.937. The zero-order valence-corrected chi connectivity index (χ0v) is 18.3. The van der Waals surface area contributed by atoms with Crippen LogP contribution in [0.1, 0.15) is 24.4 Å². The van der Waals surface area contributed by atoms with E-state index in [1.54, 1.807) is 23.7 Å². The van der Waals surface area contributed by atoms with Crippen LogP contribution in [0.3, 0.4) is 0 Å². The van der Waals surface area contributed by atoms with Crippen LogP contribution in [0.2, 0.25) is 0 Å². The van der Waals surface area contributed by atoms with E-state index >= 15 is 0 Å². The van der Waals surface area contributed by atoms with Gasteiger partial charge in [-0.25, -0.2) is 22.9 Å². The Kier molecular flexibility index (Phi) is 5.29. The lowest BCUT2D eigenvalue weighted by atomic mass is 10.1. The predicted octanol–water partition coefficient (Wildman–Crippen LogP) is 2.36. The van der Waals surface area contributed by atoms with E-state index in [2.05, 4.69) is 15.1 Å². The smallest absolute Gasteiger partial charge is 0.407 e. The van der Waals surface area contributed by atoms with Crippen LogP contribution in [0, 0.1) is 13.8 Å². The number of fused-ring (bicyclic) bond motifs is 1. The van der Waals surface area contributed by atoms with Gasteiger partial charge >= 0.3 is 6.09 Å². The molecule has 0 atom stereocenters. The van der Waals surface area contributed by atoms with Gasteiger partial charge in [-0.05, 0) is 38.1 Å². The molecule has 0 saturated carbocycles. The van der Waals surface area contributed by atoms with Gasteiger partial charge in [0.1, 0.15) is 17.3 Å². The minimum absolute atomic E-state index is 0.148. The van der Waals surface area contributed by atoms with Gasteiger partial charge < -0.3 is 14.7 Å². The quantitative estimate of drug-likeness (QED) is 0.648. The molecule has 1 saturated heterocycles. The summed E-state index contributed by atoms with van der Waals surface area (Å²) in [6, 6.07) is 6.44. The number of rotatable bonds is 4. The molecule has 1 fully saturated rings. The molecule has 0 aliphatic carbocycles. The van der Waals surface area contributed by atoms with Crippen molar-refractivity contribution in [1.29, 1.82) is 0 Å². The van der Waals surface area contributed by atoms with E-state index in [4.69, 9.17) is 9.84 Å². The minimum Gasteiger partial charge on any atom is -0.474 e. The van der Waals surface area contributed by atoms with Crippen LogP contribution in [-0.2, 0) is 9.84 Å². The fraction of sp³-hybridized carbons (Fsp3) is 0.400. The molecule has 3 heterocycles. The third-order valence-corrected chi connectivity index (χ3v) is 6.41. The van der Waals surface area contributed by atoms with E-state index in [1.165, 1.54) is 17.0 Å². The zero-order chi connectivity index (χ0) is 22.3. The van der Waals surface area contributed by atoms with Gasteiger partial charge in [0, 0.05) is 32.2 Å². The summed E-state index contributed by atoms with van der Waals surface area (Å²) < 4.78 is 31.3. The average molecular weight is 446 g/mol. The highest BCUT2D eigenvalue weighted by atomic mass is 32.2. The van der Waals surface area contributed by atoms with Crippen molar-refractivity contribution >= 4 is 27.0 Å². The fourth-order valence-corrected chi connectivity index (χ4v) is 4.30. The molecule has 4 rings (SSSR count). The Morgan fingerprint density at radius 2 is 1.77 bits per heavy atom. The van der Waals surface area contributed by atoms with Crippen LogP contribution in [-0.4, -0.2) is 69.7 Å². The number of ether oxygens (including phenoxy) is 1. The second kappa shape index (κ2) is 7.80. The van der Waals surface area contributed by atoms with Crippen molar-refractivity contribution in [3.05, 3.63) is 35.8 Å². The van der Waals surface area contributed by atoms with E-state index in [0.717, 1.165) is 6.26 Å². The summed E-state index contributed by atoms with van der Waals surface area (Å²) in [6.07, 6.45) is 1.26. The van der Waals surface area contributed by atoms with Crippen LogP contribution in [0.5, 0.6) is 5.88 Å². The molecule has 0 bridgehead atoms. The van der Waals surface area contributed by atoms with Gasteiger partial charge in [-0.1, -0.05) is 0 Å². The van der Waals surface area contributed by atoms with Crippen LogP contribution in [0.25, 0.3) is 16.7 Å². The molecule has 1 aliphatic rings. The maximum absolute atomic E-state index is 11.7. The van der Waals surface area contributed by atoms with Gasteiger partial charge in [-0.3, -0.25) is 0 Å². The van der Waals surface area contributed by atoms with Gasteiger partial charge in [-0.2, -0.15) is 10.1 Å². The van der Waals surface area contributed by atoms with Crippen molar-refractivity contribution in [2.24, 2.45) is 0 Å². The first-order valence-electron chi connectivity index (χ1n) is 9.82. The topological polar surface area (TPSA) is 128 Å². The number of aryl methyl sites for hydroxylation is 2. The molecule has 1 N–H and O–H groups in total. The molecule has 0 unspecified atom stereocenters. The summed E-state index contributed by atoms with van der Waals surface area (Å²) in [6.45, 7) is 4.43. The number of sulfone groups is 1. The summed E-state index contributed by atoms with van der Waals surface area (Å²) in [7, 11) is -3.29.